The molecule has 0 atom stereocenters. The number of nitrogens with zero attached hydrogens (tertiary/aromatic N) is 1. The van der Waals surface area contributed by atoms with E-state index in [-0.39, 0.29) is 6.54 Å². The maximum absolute atomic E-state index is 12.4. The molecular formula is C19H27NO6. The molecule has 7 nitrogen and oxygen atoms in total. The van der Waals surface area contributed by atoms with E-state index in [1.165, 1.54) is 7.11 Å². The largest absolute Gasteiger partial charge is 0.465 e. The maximum Gasteiger partial charge on any atom is 0.420 e. The van der Waals surface area contributed by atoms with Crippen molar-refractivity contribution in [1.82, 2.24) is 4.90 Å². The Morgan fingerprint density at radius 1 is 0.846 bits per heavy atom. The predicted octanol–water partition coefficient (Wildman–Crippen LogP) is 4.15. The third kappa shape index (κ3) is 7.13. The molecule has 144 valence electrons. The molecule has 7 heteroatoms. The van der Waals surface area contributed by atoms with Crippen molar-refractivity contribution in [3.63, 3.8) is 0 Å². The minimum atomic E-state index is -0.802. The zero-order valence-corrected chi connectivity index (χ0v) is 16.4. The van der Waals surface area contributed by atoms with E-state index in [0.717, 1.165) is 4.90 Å². The van der Waals surface area contributed by atoms with E-state index in [1.54, 1.807) is 65.8 Å². The fourth-order valence-electron chi connectivity index (χ4n) is 1.88. The summed E-state index contributed by atoms with van der Waals surface area (Å²) in [5.41, 5.74) is -0.509. The van der Waals surface area contributed by atoms with E-state index < -0.39 is 29.4 Å². The van der Waals surface area contributed by atoms with Crippen molar-refractivity contribution in [2.45, 2.75) is 59.3 Å². The smallest absolute Gasteiger partial charge is 0.420 e. The Hall–Kier alpha value is -2.57. The normalized spacial score (nSPS) is 11.5. The zero-order chi connectivity index (χ0) is 20.1. The van der Waals surface area contributed by atoms with Gasteiger partial charge in [0, 0.05) is 0 Å². The van der Waals surface area contributed by atoms with Gasteiger partial charge in [-0.2, -0.15) is 0 Å². The highest BCUT2D eigenvalue weighted by molar-refractivity contribution is 5.89. The van der Waals surface area contributed by atoms with Crippen LogP contribution in [0.4, 0.5) is 9.59 Å². The molecule has 0 N–H and O–H groups in total. The molecule has 0 aliphatic heterocycles. The molecule has 0 unspecified atom stereocenters. The van der Waals surface area contributed by atoms with E-state index in [4.69, 9.17) is 9.47 Å². The lowest BCUT2D eigenvalue weighted by molar-refractivity contribution is -0.000289. The van der Waals surface area contributed by atoms with Gasteiger partial charge in [0.25, 0.3) is 0 Å². The van der Waals surface area contributed by atoms with E-state index in [2.05, 4.69) is 4.74 Å². The van der Waals surface area contributed by atoms with Gasteiger partial charge in [-0.1, -0.05) is 12.1 Å². The summed E-state index contributed by atoms with van der Waals surface area (Å²) < 4.78 is 15.2. The monoisotopic (exact) mass is 365 g/mol. The Kier molecular flexibility index (Phi) is 6.78. The summed E-state index contributed by atoms with van der Waals surface area (Å²) in [6, 6.07) is 6.38. The first kappa shape index (κ1) is 21.5. The second-order valence-corrected chi connectivity index (χ2v) is 7.74. The number of rotatable bonds is 3. The number of methoxy groups -OCH3 is 1. The third-order valence-electron chi connectivity index (χ3n) is 2.94. The summed E-state index contributed by atoms with van der Waals surface area (Å²) in [5, 5.41) is 0. The summed E-state index contributed by atoms with van der Waals surface area (Å²) in [4.78, 5) is 37.3. The molecular weight excluding hydrogens is 338 g/mol. The van der Waals surface area contributed by atoms with Gasteiger partial charge in [0.05, 0.1) is 19.2 Å². The molecule has 0 aliphatic carbocycles. The number of hydrogen-bond donors (Lipinski definition) is 0. The van der Waals surface area contributed by atoms with Crippen LogP contribution in [0.3, 0.4) is 0 Å². The van der Waals surface area contributed by atoms with Crippen molar-refractivity contribution >= 4 is 18.2 Å². The first-order valence-corrected chi connectivity index (χ1v) is 8.23. The number of imide groups is 1. The van der Waals surface area contributed by atoms with Gasteiger partial charge < -0.3 is 14.2 Å². The molecule has 0 aliphatic rings. The van der Waals surface area contributed by atoms with Gasteiger partial charge in [-0.25, -0.2) is 19.3 Å². The van der Waals surface area contributed by atoms with Crippen molar-refractivity contribution in [3.05, 3.63) is 35.4 Å². The topological polar surface area (TPSA) is 82.1 Å². The lowest BCUT2D eigenvalue weighted by Crippen LogP contribution is -2.43. The quantitative estimate of drug-likeness (QED) is 0.591. The fraction of sp³-hybridized carbons (Fsp3) is 0.526. The molecule has 1 aromatic rings. The molecule has 0 bridgehead atoms. The number of esters is 1. The highest BCUT2D eigenvalue weighted by atomic mass is 16.6. The van der Waals surface area contributed by atoms with Crippen LogP contribution >= 0.6 is 0 Å². The van der Waals surface area contributed by atoms with Crippen LogP contribution in [0.5, 0.6) is 0 Å². The van der Waals surface area contributed by atoms with Crippen molar-refractivity contribution in [1.29, 1.82) is 0 Å². The predicted molar refractivity (Wildman–Crippen MR) is 95.8 cm³/mol. The van der Waals surface area contributed by atoms with Crippen molar-refractivity contribution in [3.8, 4) is 0 Å². The van der Waals surface area contributed by atoms with Gasteiger partial charge in [-0.3, -0.25) is 0 Å². The molecule has 1 rings (SSSR count). The van der Waals surface area contributed by atoms with Crippen LogP contribution in [-0.2, 0) is 20.8 Å². The molecule has 0 saturated heterocycles. The van der Waals surface area contributed by atoms with Crippen LogP contribution in [0.1, 0.15) is 57.5 Å². The second kappa shape index (κ2) is 8.21. The molecule has 0 heterocycles. The minimum Gasteiger partial charge on any atom is -0.465 e. The van der Waals surface area contributed by atoms with Gasteiger partial charge in [0.2, 0.25) is 0 Å². The molecule has 26 heavy (non-hydrogen) atoms. The molecule has 0 aromatic heterocycles. The number of carbonyl (C=O) groups excluding carboxylic acids is 3. The second-order valence-electron chi connectivity index (χ2n) is 7.74. The number of benzene rings is 1. The van der Waals surface area contributed by atoms with Crippen LogP contribution in [0.2, 0.25) is 0 Å². The summed E-state index contributed by atoms with van der Waals surface area (Å²) >= 11 is 0. The zero-order valence-electron chi connectivity index (χ0n) is 16.4. The van der Waals surface area contributed by atoms with Gasteiger partial charge in [-0.05, 0) is 59.2 Å². The van der Waals surface area contributed by atoms with E-state index in [0.29, 0.717) is 11.1 Å². The van der Waals surface area contributed by atoms with Crippen LogP contribution in [0.25, 0.3) is 0 Å². The van der Waals surface area contributed by atoms with E-state index in [9.17, 15) is 14.4 Å². The lowest BCUT2D eigenvalue weighted by atomic mass is 10.1. The minimum absolute atomic E-state index is 0.0503. The number of hydrogen-bond acceptors (Lipinski definition) is 6. The van der Waals surface area contributed by atoms with Gasteiger partial charge in [0.15, 0.2) is 0 Å². The van der Waals surface area contributed by atoms with E-state index >= 15 is 0 Å². The first-order valence-electron chi connectivity index (χ1n) is 8.23. The summed E-state index contributed by atoms with van der Waals surface area (Å²) in [6.45, 7) is 10.2. The Morgan fingerprint density at radius 3 is 1.62 bits per heavy atom. The van der Waals surface area contributed by atoms with Gasteiger partial charge in [-0.15, -0.1) is 0 Å². The van der Waals surface area contributed by atoms with Crippen LogP contribution in [0.15, 0.2) is 24.3 Å². The highest BCUT2D eigenvalue weighted by Gasteiger charge is 2.31. The van der Waals surface area contributed by atoms with Crippen molar-refractivity contribution < 1.29 is 28.6 Å². The summed E-state index contributed by atoms with van der Waals surface area (Å²) in [6.07, 6.45) is -1.60. The SMILES string of the molecule is COC(=O)c1ccc(CN(C(=O)OC(C)(C)C)C(=O)OC(C)(C)C)cc1. The van der Waals surface area contributed by atoms with Gasteiger partial charge in [0.1, 0.15) is 11.2 Å². The average Bonchev–Trinajstić information content (AvgIpc) is 2.48. The lowest BCUT2D eigenvalue weighted by Gasteiger charge is -2.28. The van der Waals surface area contributed by atoms with Crippen LogP contribution < -0.4 is 0 Å². The third-order valence-corrected chi connectivity index (χ3v) is 2.94. The summed E-state index contributed by atoms with van der Waals surface area (Å²) in [5.74, 6) is -0.465. The average molecular weight is 365 g/mol. The van der Waals surface area contributed by atoms with Gasteiger partial charge >= 0.3 is 18.2 Å². The number of carbonyl (C=O) groups is 3. The van der Waals surface area contributed by atoms with Crippen molar-refractivity contribution in [2.75, 3.05) is 7.11 Å². The molecule has 0 fully saturated rings. The Morgan fingerprint density at radius 2 is 1.27 bits per heavy atom. The Balaban J connectivity index is 3.02. The van der Waals surface area contributed by atoms with Crippen molar-refractivity contribution in [2.24, 2.45) is 0 Å². The maximum atomic E-state index is 12.4. The first-order chi connectivity index (χ1) is 11.8. The molecule has 0 radical (unpaired) electrons. The molecule has 0 spiro atoms. The molecule has 0 saturated carbocycles. The Labute approximate surface area is 154 Å². The number of ether oxygens (including phenoxy) is 3. The summed E-state index contributed by atoms with van der Waals surface area (Å²) in [7, 11) is 1.29. The van der Waals surface area contributed by atoms with Crippen LogP contribution in [0, 0.1) is 0 Å². The number of amides is 2. The Bertz CT molecular complexity index is 624. The molecule has 1 aromatic carbocycles. The van der Waals surface area contributed by atoms with Crippen LogP contribution in [-0.4, -0.2) is 41.4 Å². The highest BCUT2D eigenvalue weighted by Crippen LogP contribution is 2.17. The standard InChI is InChI=1S/C19H27NO6/c1-18(2,3)25-16(22)20(17(23)26-19(4,5)6)12-13-8-10-14(11-9-13)15(21)24-7/h8-11H,12H2,1-7H3. The molecule has 2 amide bonds. The van der Waals surface area contributed by atoms with E-state index in [1.807, 2.05) is 0 Å². The fourth-order valence-corrected chi connectivity index (χ4v) is 1.88.